The number of anilines is 1. The summed E-state index contributed by atoms with van der Waals surface area (Å²) < 4.78 is 2.97. The van der Waals surface area contributed by atoms with E-state index in [0.717, 1.165) is 36.1 Å². The lowest BCUT2D eigenvalue weighted by Gasteiger charge is -2.35. The van der Waals surface area contributed by atoms with Gasteiger partial charge >= 0.3 is 0 Å². The summed E-state index contributed by atoms with van der Waals surface area (Å²) >= 11 is 1.50. The summed E-state index contributed by atoms with van der Waals surface area (Å²) in [7, 11) is 0. The van der Waals surface area contributed by atoms with E-state index in [1.165, 1.54) is 11.3 Å². The molecule has 0 radical (unpaired) electrons. The summed E-state index contributed by atoms with van der Waals surface area (Å²) in [4.78, 5) is 19.3. The maximum absolute atomic E-state index is 12.7. The summed E-state index contributed by atoms with van der Waals surface area (Å²) in [5.74, 6) is -0.0155. The Labute approximate surface area is 149 Å². The van der Waals surface area contributed by atoms with E-state index in [1.54, 1.807) is 6.20 Å². The molecule has 1 fully saturated rings. The molecule has 7 nitrogen and oxygen atoms in total. The third-order valence-electron chi connectivity index (χ3n) is 4.69. The van der Waals surface area contributed by atoms with Crippen LogP contribution in [0, 0.1) is 0 Å². The molecule has 1 aliphatic rings. The average molecular weight is 356 g/mol. The van der Waals surface area contributed by atoms with Gasteiger partial charge in [0.1, 0.15) is 0 Å². The Hall–Kier alpha value is -2.32. The number of hydrogen-bond acceptors (Lipinski definition) is 6. The van der Waals surface area contributed by atoms with Crippen molar-refractivity contribution in [2.45, 2.75) is 31.8 Å². The first-order valence-corrected chi connectivity index (χ1v) is 9.28. The summed E-state index contributed by atoms with van der Waals surface area (Å²) in [5, 5.41) is 11.6. The van der Waals surface area contributed by atoms with Gasteiger partial charge < -0.3 is 5.32 Å². The number of aromatic nitrogens is 4. The van der Waals surface area contributed by atoms with Crippen molar-refractivity contribution in [3.05, 3.63) is 36.7 Å². The van der Waals surface area contributed by atoms with E-state index in [1.807, 2.05) is 42.1 Å². The number of piperidine rings is 1. The Morgan fingerprint density at radius 1 is 1.40 bits per heavy atom. The van der Waals surface area contributed by atoms with Crippen molar-refractivity contribution in [1.82, 2.24) is 24.9 Å². The lowest BCUT2D eigenvalue weighted by molar-refractivity contribution is -0.121. The van der Waals surface area contributed by atoms with Gasteiger partial charge in [-0.2, -0.15) is 0 Å². The fourth-order valence-corrected chi connectivity index (χ4v) is 4.13. The van der Waals surface area contributed by atoms with E-state index in [-0.39, 0.29) is 18.0 Å². The summed E-state index contributed by atoms with van der Waals surface area (Å²) in [6, 6.07) is 7.96. The zero-order valence-corrected chi connectivity index (χ0v) is 14.8. The molecule has 1 aliphatic heterocycles. The molecule has 3 aromatic rings. The molecule has 1 amide bonds. The Balaban J connectivity index is 1.42. The number of likely N-dealkylation sites (tertiary alicyclic amines) is 1. The second-order valence-corrected chi connectivity index (χ2v) is 7.36. The van der Waals surface area contributed by atoms with Gasteiger partial charge in [0, 0.05) is 12.7 Å². The molecule has 2 aromatic heterocycles. The summed E-state index contributed by atoms with van der Waals surface area (Å²) in [6.07, 6.45) is 5.69. The molecular weight excluding hydrogens is 336 g/mol. The van der Waals surface area contributed by atoms with Crippen LogP contribution in [-0.2, 0) is 4.79 Å². The average Bonchev–Trinajstić information content (AvgIpc) is 3.30. The van der Waals surface area contributed by atoms with Gasteiger partial charge in [-0.25, -0.2) is 9.67 Å². The molecule has 0 saturated carbocycles. The molecule has 1 N–H and O–H groups in total. The number of para-hydroxylation sites is 1. The molecule has 0 aliphatic carbocycles. The molecule has 2 atom stereocenters. The number of hydrogen-bond donors (Lipinski definition) is 1. The van der Waals surface area contributed by atoms with Crippen LogP contribution in [0.2, 0.25) is 0 Å². The number of carbonyl (C=O) groups is 1. The highest BCUT2D eigenvalue weighted by molar-refractivity contribution is 7.22. The first-order chi connectivity index (χ1) is 12.2. The molecule has 0 bridgehead atoms. The second-order valence-electron chi connectivity index (χ2n) is 6.33. The van der Waals surface area contributed by atoms with Crippen LogP contribution in [0.1, 0.15) is 25.8 Å². The largest absolute Gasteiger partial charge is 0.301 e. The Morgan fingerprint density at radius 2 is 2.28 bits per heavy atom. The molecule has 0 spiro atoms. The van der Waals surface area contributed by atoms with Crippen LogP contribution in [0.4, 0.5) is 5.13 Å². The fraction of sp³-hybridized carbons (Fsp3) is 0.412. The molecule has 8 heteroatoms. The fourth-order valence-electron chi connectivity index (χ4n) is 3.26. The minimum atomic E-state index is -0.210. The van der Waals surface area contributed by atoms with Crippen LogP contribution in [0.5, 0.6) is 0 Å². The van der Waals surface area contributed by atoms with E-state index in [2.05, 4.69) is 25.5 Å². The number of rotatable bonds is 4. The lowest BCUT2D eigenvalue weighted by Crippen LogP contribution is -2.47. The van der Waals surface area contributed by atoms with E-state index >= 15 is 0 Å². The predicted molar refractivity (Wildman–Crippen MR) is 97.6 cm³/mol. The minimum absolute atomic E-state index is 0.0155. The highest BCUT2D eigenvalue weighted by Crippen LogP contribution is 2.26. The SMILES string of the molecule is CC(C(=O)Nc1nc2ccccc2s1)N1CCCC(n2ccnn2)C1. The molecule has 3 heterocycles. The van der Waals surface area contributed by atoms with Crippen LogP contribution in [0.25, 0.3) is 10.2 Å². The first-order valence-electron chi connectivity index (χ1n) is 8.47. The number of thiazole rings is 1. The standard InChI is InChI=1S/C17H20N6OS/c1-12(22-9-4-5-13(11-22)23-10-8-18-21-23)16(24)20-17-19-14-6-2-3-7-15(14)25-17/h2-3,6-8,10,12-13H,4-5,9,11H2,1H3,(H,19,20,24). The zero-order chi connectivity index (χ0) is 17.2. The number of nitrogens with one attached hydrogen (secondary N) is 1. The van der Waals surface area contributed by atoms with E-state index in [9.17, 15) is 4.79 Å². The van der Waals surface area contributed by atoms with Crippen LogP contribution in [-0.4, -0.2) is 49.9 Å². The summed E-state index contributed by atoms with van der Waals surface area (Å²) in [6.45, 7) is 3.67. The maximum Gasteiger partial charge on any atom is 0.243 e. The number of nitrogens with zero attached hydrogens (tertiary/aromatic N) is 5. The van der Waals surface area contributed by atoms with Crippen molar-refractivity contribution in [2.75, 3.05) is 18.4 Å². The van der Waals surface area contributed by atoms with Crippen LogP contribution in [0.15, 0.2) is 36.7 Å². The van der Waals surface area contributed by atoms with Gasteiger partial charge in [0.25, 0.3) is 0 Å². The van der Waals surface area contributed by atoms with Crippen molar-refractivity contribution in [3.63, 3.8) is 0 Å². The highest BCUT2D eigenvalue weighted by Gasteiger charge is 2.29. The molecular formula is C17H20N6OS. The molecule has 25 heavy (non-hydrogen) atoms. The van der Waals surface area contributed by atoms with Crippen molar-refractivity contribution in [1.29, 1.82) is 0 Å². The van der Waals surface area contributed by atoms with Crippen LogP contribution >= 0.6 is 11.3 Å². The number of fused-ring (bicyclic) bond motifs is 1. The third-order valence-corrected chi connectivity index (χ3v) is 5.65. The Bertz CT molecular complexity index is 828. The molecule has 2 unspecified atom stereocenters. The number of carbonyl (C=O) groups excluding carboxylic acids is 1. The Kier molecular flexibility index (Phi) is 4.46. The minimum Gasteiger partial charge on any atom is -0.301 e. The zero-order valence-electron chi connectivity index (χ0n) is 14.0. The van der Waals surface area contributed by atoms with Gasteiger partial charge in [-0.1, -0.05) is 28.7 Å². The summed E-state index contributed by atoms with van der Waals surface area (Å²) in [5.41, 5.74) is 0.916. The highest BCUT2D eigenvalue weighted by atomic mass is 32.1. The normalized spacial score (nSPS) is 19.8. The van der Waals surface area contributed by atoms with E-state index in [0.29, 0.717) is 5.13 Å². The van der Waals surface area contributed by atoms with Crippen molar-refractivity contribution >= 4 is 32.6 Å². The van der Waals surface area contributed by atoms with E-state index in [4.69, 9.17) is 0 Å². The van der Waals surface area contributed by atoms with Crippen LogP contribution < -0.4 is 5.32 Å². The van der Waals surface area contributed by atoms with Gasteiger partial charge in [-0.15, -0.1) is 5.10 Å². The van der Waals surface area contributed by atoms with Gasteiger partial charge in [-0.05, 0) is 38.4 Å². The number of amides is 1. The smallest absolute Gasteiger partial charge is 0.243 e. The topological polar surface area (TPSA) is 75.9 Å². The first kappa shape index (κ1) is 16.2. The van der Waals surface area contributed by atoms with Crippen LogP contribution in [0.3, 0.4) is 0 Å². The van der Waals surface area contributed by atoms with Gasteiger partial charge in [-0.3, -0.25) is 9.69 Å². The molecule has 1 aromatic carbocycles. The van der Waals surface area contributed by atoms with Crippen molar-refractivity contribution < 1.29 is 4.79 Å². The predicted octanol–water partition coefficient (Wildman–Crippen LogP) is 2.55. The van der Waals surface area contributed by atoms with Gasteiger partial charge in [0.15, 0.2) is 5.13 Å². The third kappa shape index (κ3) is 3.40. The quantitative estimate of drug-likeness (QED) is 0.777. The molecule has 4 rings (SSSR count). The monoisotopic (exact) mass is 356 g/mol. The van der Waals surface area contributed by atoms with E-state index < -0.39 is 0 Å². The second kappa shape index (κ2) is 6.89. The van der Waals surface area contributed by atoms with Crippen molar-refractivity contribution in [3.8, 4) is 0 Å². The molecule has 1 saturated heterocycles. The van der Waals surface area contributed by atoms with Gasteiger partial charge in [0.2, 0.25) is 5.91 Å². The number of benzene rings is 1. The molecule has 130 valence electrons. The van der Waals surface area contributed by atoms with Crippen molar-refractivity contribution in [2.24, 2.45) is 0 Å². The van der Waals surface area contributed by atoms with Gasteiger partial charge in [0.05, 0.1) is 28.5 Å². The maximum atomic E-state index is 12.7. The Morgan fingerprint density at radius 3 is 3.08 bits per heavy atom. The lowest BCUT2D eigenvalue weighted by atomic mass is 10.0.